The van der Waals surface area contributed by atoms with Crippen LogP contribution in [0.25, 0.3) is 10.2 Å². The minimum absolute atomic E-state index is 0. The van der Waals surface area contributed by atoms with Gasteiger partial charge in [0.25, 0.3) is 5.91 Å². The topological polar surface area (TPSA) is 73.8 Å². The molecule has 0 N–H and O–H groups in total. The first kappa shape index (κ1) is 29.1. The van der Waals surface area contributed by atoms with Crippen LogP contribution in [0, 0.1) is 5.82 Å². The van der Waals surface area contributed by atoms with Gasteiger partial charge in [0.1, 0.15) is 5.82 Å². The van der Waals surface area contributed by atoms with Crippen molar-refractivity contribution >= 4 is 55.0 Å². The first-order valence-corrected chi connectivity index (χ1v) is 13.6. The van der Waals surface area contributed by atoms with Gasteiger partial charge in [-0.25, -0.2) is 17.8 Å². The number of benzene rings is 2. The van der Waals surface area contributed by atoms with Gasteiger partial charge in [-0.3, -0.25) is 9.69 Å². The summed E-state index contributed by atoms with van der Waals surface area (Å²) >= 11 is 1.25. The van der Waals surface area contributed by atoms with Crippen LogP contribution in [0.5, 0.6) is 0 Å². The molecule has 0 fully saturated rings. The fourth-order valence-electron chi connectivity index (χ4n) is 3.51. The number of thiazole rings is 1. The van der Waals surface area contributed by atoms with Crippen LogP contribution in [0.15, 0.2) is 47.4 Å². The van der Waals surface area contributed by atoms with Crippen molar-refractivity contribution in [3.63, 3.8) is 0 Å². The Morgan fingerprint density at radius 3 is 2.17 bits per heavy atom. The number of halogens is 2. The van der Waals surface area contributed by atoms with Crippen molar-refractivity contribution in [2.75, 3.05) is 45.2 Å². The zero-order valence-corrected chi connectivity index (χ0v) is 22.8. The zero-order valence-electron chi connectivity index (χ0n) is 20.4. The predicted octanol–water partition coefficient (Wildman–Crippen LogP) is 4.88. The molecule has 0 aliphatic heterocycles. The summed E-state index contributed by atoms with van der Waals surface area (Å²) in [4.78, 5) is 21.7. The molecule has 1 aromatic heterocycles. The smallest absolute Gasteiger partial charge is 0.260 e. The molecule has 35 heavy (non-hydrogen) atoms. The summed E-state index contributed by atoms with van der Waals surface area (Å²) in [5, 5.41) is 0.473. The molecule has 2 aromatic carbocycles. The van der Waals surface area contributed by atoms with Gasteiger partial charge in [0.2, 0.25) is 10.0 Å². The number of likely N-dealkylation sites (N-methyl/N-ethyl adjacent to an activating group) is 1. The Morgan fingerprint density at radius 2 is 1.60 bits per heavy atom. The Balaban J connectivity index is 0.00000432. The highest BCUT2D eigenvalue weighted by Gasteiger charge is 2.25. The van der Waals surface area contributed by atoms with E-state index in [1.165, 1.54) is 39.9 Å². The van der Waals surface area contributed by atoms with Crippen molar-refractivity contribution in [3.05, 3.63) is 53.8 Å². The van der Waals surface area contributed by atoms with Gasteiger partial charge in [-0.2, -0.15) is 4.31 Å². The molecule has 0 atom stereocenters. The minimum Gasteiger partial charge on any atom is -0.308 e. The third-order valence-electron chi connectivity index (χ3n) is 5.27. The number of rotatable bonds is 11. The number of carbonyl (C=O) groups excluding carboxylic acids is 1. The molecular weight excluding hydrogens is 511 g/mol. The molecule has 3 rings (SSSR count). The van der Waals surface area contributed by atoms with Crippen molar-refractivity contribution < 1.29 is 17.6 Å². The molecule has 0 spiro atoms. The third kappa shape index (κ3) is 6.98. The molecule has 3 aromatic rings. The number of hydrogen-bond donors (Lipinski definition) is 0. The van der Waals surface area contributed by atoms with Crippen molar-refractivity contribution in [1.29, 1.82) is 0 Å². The quantitative estimate of drug-likeness (QED) is 0.345. The van der Waals surface area contributed by atoms with E-state index >= 15 is 0 Å². The third-order valence-corrected chi connectivity index (χ3v) is 8.23. The molecule has 192 valence electrons. The molecule has 0 bridgehead atoms. The van der Waals surface area contributed by atoms with E-state index in [0.717, 1.165) is 12.8 Å². The fourth-order valence-corrected chi connectivity index (χ4v) is 6.15. The maximum atomic E-state index is 13.7. The molecule has 7 nitrogen and oxygen atoms in total. The number of carbonyl (C=O) groups is 1. The van der Waals surface area contributed by atoms with Crippen molar-refractivity contribution in [2.24, 2.45) is 0 Å². The highest BCUT2D eigenvalue weighted by molar-refractivity contribution is 7.89. The van der Waals surface area contributed by atoms with Gasteiger partial charge >= 0.3 is 0 Å². The summed E-state index contributed by atoms with van der Waals surface area (Å²) in [7, 11) is 0.195. The molecular formula is C24H32ClFN4O3S2. The Morgan fingerprint density at radius 1 is 0.971 bits per heavy atom. The summed E-state index contributed by atoms with van der Waals surface area (Å²) in [6.45, 7) is 5.78. The van der Waals surface area contributed by atoms with E-state index in [1.807, 2.05) is 32.8 Å². The van der Waals surface area contributed by atoms with E-state index in [2.05, 4.69) is 4.98 Å². The monoisotopic (exact) mass is 542 g/mol. The van der Waals surface area contributed by atoms with Crippen molar-refractivity contribution in [1.82, 2.24) is 14.2 Å². The van der Waals surface area contributed by atoms with E-state index in [4.69, 9.17) is 0 Å². The van der Waals surface area contributed by atoms with Gasteiger partial charge in [-0.15, -0.1) is 12.4 Å². The number of anilines is 1. The largest absolute Gasteiger partial charge is 0.308 e. The number of hydrogen-bond acceptors (Lipinski definition) is 6. The maximum absolute atomic E-state index is 13.7. The number of nitrogens with zero attached hydrogens (tertiary/aromatic N) is 4. The predicted molar refractivity (Wildman–Crippen MR) is 143 cm³/mol. The molecule has 0 unspecified atom stereocenters. The average Bonchev–Trinajstić information content (AvgIpc) is 3.21. The van der Waals surface area contributed by atoms with E-state index in [9.17, 15) is 17.6 Å². The molecule has 11 heteroatoms. The summed E-state index contributed by atoms with van der Waals surface area (Å²) in [6.07, 6.45) is 1.45. The lowest BCUT2D eigenvalue weighted by molar-refractivity contribution is 0.0985. The van der Waals surface area contributed by atoms with Gasteiger partial charge in [-0.1, -0.05) is 25.2 Å². The lowest BCUT2D eigenvalue weighted by Gasteiger charge is -2.23. The van der Waals surface area contributed by atoms with Gasteiger partial charge in [0.05, 0.1) is 15.1 Å². The number of fused-ring (bicyclic) bond motifs is 1. The van der Waals surface area contributed by atoms with Crippen LogP contribution < -0.4 is 4.90 Å². The van der Waals surface area contributed by atoms with Gasteiger partial charge in [-0.05, 0) is 69.4 Å². The normalized spacial score (nSPS) is 11.7. The average molecular weight is 543 g/mol. The summed E-state index contributed by atoms with van der Waals surface area (Å²) in [5.74, 6) is -0.643. The first-order valence-electron chi connectivity index (χ1n) is 11.3. The molecule has 0 radical (unpaired) electrons. The first-order chi connectivity index (χ1) is 16.2. The van der Waals surface area contributed by atoms with E-state index < -0.39 is 10.0 Å². The van der Waals surface area contributed by atoms with Crippen LogP contribution in [0.2, 0.25) is 0 Å². The van der Waals surface area contributed by atoms with Crippen molar-refractivity contribution in [3.8, 4) is 0 Å². The molecule has 1 heterocycles. The SMILES string of the molecule is CCCN(CCC)S(=O)(=O)c1ccc(C(=O)N(CCN(C)C)c2nc3ccc(F)cc3s2)cc1.Cl. The maximum Gasteiger partial charge on any atom is 0.260 e. The number of aromatic nitrogens is 1. The van der Waals surface area contributed by atoms with Crippen LogP contribution in [0.1, 0.15) is 37.0 Å². The Bertz CT molecular complexity index is 1230. The second-order valence-corrected chi connectivity index (χ2v) is 11.2. The summed E-state index contributed by atoms with van der Waals surface area (Å²) in [5.41, 5.74) is 0.984. The second-order valence-electron chi connectivity index (χ2n) is 8.30. The highest BCUT2D eigenvalue weighted by atomic mass is 35.5. The van der Waals surface area contributed by atoms with Gasteiger partial charge < -0.3 is 4.90 Å². The Labute approximate surface area is 217 Å². The zero-order chi connectivity index (χ0) is 24.9. The van der Waals surface area contributed by atoms with Crippen LogP contribution in [-0.4, -0.2) is 68.8 Å². The lowest BCUT2D eigenvalue weighted by Crippen LogP contribution is -2.36. The Kier molecular flexibility index (Phi) is 10.6. The Hall–Kier alpha value is -2.11. The highest BCUT2D eigenvalue weighted by Crippen LogP contribution is 2.30. The van der Waals surface area contributed by atoms with Crippen LogP contribution in [-0.2, 0) is 10.0 Å². The molecule has 0 aliphatic carbocycles. The van der Waals surface area contributed by atoms with E-state index in [1.54, 1.807) is 23.1 Å². The van der Waals surface area contributed by atoms with E-state index in [0.29, 0.717) is 47.1 Å². The van der Waals surface area contributed by atoms with E-state index in [-0.39, 0.29) is 29.0 Å². The van der Waals surface area contributed by atoms with Crippen molar-refractivity contribution in [2.45, 2.75) is 31.6 Å². The summed E-state index contributed by atoms with van der Waals surface area (Å²) in [6, 6.07) is 10.4. The summed E-state index contributed by atoms with van der Waals surface area (Å²) < 4.78 is 41.9. The standard InChI is InChI=1S/C24H31FN4O3S2.ClH/c1-5-13-28(14-6-2)34(31,32)20-10-7-18(8-11-20)23(30)29(16-15-27(3)4)24-26-21-12-9-19(25)17-22(21)33-24;/h7-12,17H,5-6,13-16H2,1-4H3;1H. The molecule has 1 amide bonds. The molecule has 0 saturated heterocycles. The minimum atomic E-state index is -3.63. The van der Waals surface area contributed by atoms with Crippen LogP contribution >= 0.6 is 23.7 Å². The molecule has 0 saturated carbocycles. The number of sulfonamides is 1. The number of amides is 1. The van der Waals surface area contributed by atoms with Gasteiger partial charge in [0.15, 0.2) is 5.13 Å². The lowest BCUT2D eigenvalue weighted by atomic mass is 10.2. The second kappa shape index (κ2) is 12.7. The molecule has 0 aliphatic rings. The fraction of sp³-hybridized carbons (Fsp3) is 0.417. The van der Waals surface area contributed by atoms with Crippen LogP contribution in [0.4, 0.5) is 9.52 Å². The van der Waals surface area contributed by atoms with Crippen LogP contribution in [0.3, 0.4) is 0 Å². The van der Waals surface area contributed by atoms with Gasteiger partial charge in [0, 0.05) is 31.7 Å².